The zero-order valence-corrected chi connectivity index (χ0v) is 12.2. The highest BCUT2D eigenvalue weighted by Gasteiger charge is 2.48. The highest BCUT2D eigenvalue weighted by Crippen LogP contribution is 2.33. The minimum Gasteiger partial charge on any atom is -0.445 e. The molecule has 2 bridgehead atoms. The molecule has 3 aliphatic heterocycles. The van der Waals surface area contributed by atoms with Crippen LogP contribution in [0.15, 0.2) is 30.3 Å². The molecular weight excluding hydrogens is 252 g/mol. The zero-order valence-electron chi connectivity index (χ0n) is 12.2. The second-order valence-electron chi connectivity index (χ2n) is 6.04. The summed E-state index contributed by atoms with van der Waals surface area (Å²) >= 11 is 0. The number of rotatable bonds is 3. The van der Waals surface area contributed by atoms with Gasteiger partial charge in [0.1, 0.15) is 6.61 Å². The topological polar surface area (TPSA) is 32.8 Å². The Morgan fingerprint density at radius 2 is 1.90 bits per heavy atom. The zero-order chi connectivity index (χ0) is 14.1. The summed E-state index contributed by atoms with van der Waals surface area (Å²) in [5, 5.41) is 0. The van der Waals surface area contributed by atoms with Crippen molar-refractivity contribution in [3.05, 3.63) is 35.9 Å². The van der Waals surface area contributed by atoms with Gasteiger partial charge in [0, 0.05) is 19.1 Å². The van der Waals surface area contributed by atoms with E-state index in [-0.39, 0.29) is 6.09 Å². The van der Waals surface area contributed by atoms with E-state index >= 15 is 0 Å². The lowest BCUT2D eigenvalue weighted by Gasteiger charge is -2.56. The van der Waals surface area contributed by atoms with Crippen molar-refractivity contribution in [1.29, 1.82) is 0 Å². The molecule has 1 amide bonds. The van der Waals surface area contributed by atoms with E-state index in [0.717, 1.165) is 25.1 Å². The van der Waals surface area contributed by atoms with Crippen molar-refractivity contribution < 1.29 is 9.53 Å². The monoisotopic (exact) mass is 274 g/mol. The fourth-order valence-electron chi connectivity index (χ4n) is 3.16. The average molecular weight is 274 g/mol. The van der Waals surface area contributed by atoms with Gasteiger partial charge in [0.15, 0.2) is 0 Å². The number of piperazine rings is 1. The lowest BCUT2D eigenvalue weighted by Crippen LogP contribution is -2.70. The molecule has 2 unspecified atom stereocenters. The average Bonchev–Trinajstić information content (AvgIpc) is 2.46. The number of carbonyl (C=O) groups is 1. The second kappa shape index (κ2) is 5.44. The Kier molecular flexibility index (Phi) is 3.66. The molecule has 3 heterocycles. The van der Waals surface area contributed by atoms with E-state index in [1.807, 2.05) is 35.2 Å². The molecule has 0 saturated carbocycles. The van der Waals surface area contributed by atoms with Crippen LogP contribution >= 0.6 is 0 Å². The van der Waals surface area contributed by atoms with E-state index in [1.54, 1.807) is 0 Å². The maximum absolute atomic E-state index is 12.2. The van der Waals surface area contributed by atoms with Crippen LogP contribution in [-0.4, -0.2) is 47.1 Å². The smallest absolute Gasteiger partial charge is 0.410 e. The fourth-order valence-corrected chi connectivity index (χ4v) is 3.16. The number of amides is 1. The Hall–Kier alpha value is -1.55. The standard InChI is InChI=1S/C16H22N2O2/c1-12(2)17-9-14-8-15(10-17)18(14)16(19)20-11-13-6-4-3-5-7-13/h3-7,12,14-15H,8-11H2,1-2H3. The molecule has 4 heteroatoms. The maximum atomic E-state index is 12.2. The first-order chi connectivity index (χ1) is 9.65. The Balaban J connectivity index is 1.52. The molecular formula is C16H22N2O2. The molecule has 4 nitrogen and oxygen atoms in total. The number of benzene rings is 1. The van der Waals surface area contributed by atoms with Crippen molar-refractivity contribution in [3.8, 4) is 0 Å². The minimum atomic E-state index is -0.154. The van der Waals surface area contributed by atoms with Gasteiger partial charge in [0.2, 0.25) is 0 Å². The summed E-state index contributed by atoms with van der Waals surface area (Å²) in [4.78, 5) is 16.6. The summed E-state index contributed by atoms with van der Waals surface area (Å²) in [6.07, 6.45) is 0.974. The lowest BCUT2D eigenvalue weighted by molar-refractivity contribution is -0.0687. The van der Waals surface area contributed by atoms with Crippen LogP contribution in [0.4, 0.5) is 4.79 Å². The number of carbonyl (C=O) groups excluding carboxylic acids is 1. The molecule has 0 aliphatic carbocycles. The number of nitrogens with zero attached hydrogens (tertiary/aromatic N) is 2. The summed E-state index contributed by atoms with van der Waals surface area (Å²) in [7, 11) is 0. The summed E-state index contributed by atoms with van der Waals surface area (Å²) in [5.74, 6) is 0. The first kappa shape index (κ1) is 13.4. The molecule has 1 aromatic carbocycles. The number of fused-ring (bicyclic) bond motifs is 2. The SMILES string of the molecule is CC(C)N1CC2CC(C1)N2C(=O)OCc1ccccc1. The van der Waals surface area contributed by atoms with Crippen LogP contribution in [0, 0.1) is 0 Å². The van der Waals surface area contributed by atoms with Crippen LogP contribution in [0.5, 0.6) is 0 Å². The highest BCUT2D eigenvalue weighted by atomic mass is 16.6. The van der Waals surface area contributed by atoms with E-state index in [4.69, 9.17) is 4.74 Å². The number of ether oxygens (including phenoxy) is 1. The molecule has 2 atom stereocenters. The fraction of sp³-hybridized carbons (Fsp3) is 0.562. The van der Waals surface area contributed by atoms with Gasteiger partial charge < -0.3 is 4.74 Å². The second-order valence-corrected chi connectivity index (χ2v) is 6.04. The predicted molar refractivity (Wildman–Crippen MR) is 77.4 cm³/mol. The van der Waals surface area contributed by atoms with Crippen LogP contribution in [-0.2, 0) is 11.3 Å². The van der Waals surface area contributed by atoms with E-state index in [0.29, 0.717) is 24.7 Å². The van der Waals surface area contributed by atoms with Crippen LogP contribution in [0.3, 0.4) is 0 Å². The van der Waals surface area contributed by atoms with Crippen molar-refractivity contribution in [2.24, 2.45) is 0 Å². The van der Waals surface area contributed by atoms with Gasteiger partial charge >= 0.3 is 6.09 Å². The molecule has 1 aromatic rings. The van der Waals surface area contributed by atoms with Crippen molar-refractivity contribution in [3.63, 3.8) is 0 Å². The summed E-state index contributed by atoms with van der Waals surface area (Å²) < 4.78 is 5.43. The third-order valence-corrected chi connectivity index (χ3v) is 4.37. The molecule has 3 aliphatic rings. The molecule has 0 N–H and O–H groups in total. The first-order valence-corrected chi connectivity index (χ1v) is 7.38. The van der Waals surface area contributed by atoms with Crippen molar-refractivity contribution in [2.45, 2.75) is 45.0 Å². The largest absolute Gasteiger partial charge is 0.445 e. The Bertz CT molecular complexity index is 463. The molecule has 108 valence electrons. The van der Waals surface area contributed by atoms with Crippen LogP contribution in [0.25, 0.3) is 0 Å². The van der Waals surface area contributed by atoms with Gasteiger partial charge in [-0.05, 0) is 25.8 Å². The van der Waals surface area contributed by atoms with E-state index in [2.05, 4.69) is 18.7 Å². The molecule has 4 rings (SSSR count). The van der Waals surface area contributed by atoms with E-state index in [9.17, 15) is 4.79 Å². The van der Waals surface area contributed by atoms with Gasteiger partial charge in [0.05, 0.1) is 12.1 Å². The Morgan fingerprint density at radius 3 is 2.50 bits per heavy atom. The Morgan fingerprint density at radius 1 is 1.25 bits per heavy atom. The van der Waals surface area contributed by atoms with Gasteiger partial charge in [-0.15, -0.1) is 0 Å². The third kappa shape index (κ3) is 2.52. The van der Waals surface area contributed by atoms with Gasteiger partial charge in [-0.2, -0.15) is 0 Å². The van der Waals surface area contributed by atoms with Crippen molar-refractivity contribution >= 4 is 6.09 Å². The maximum Gasteiger partial charge on any atom is 0.410 e. The molecule has 20 heavy (non-hydrogen) atoms. The van der Waals surface area contributed by atoms with Crippen molar-refractivity contribution in [2.75, 3.05) is 13.1 Å². The van der Waals surface area contributed by atoms with Gasteiger partial charge in [-0.1, -0.05) is 30.3 Å². The van der Waals surface area contributed by atoms with Crippen LogP contribution in [0.2, 0.25) is 0 Å². The lowest BCUT2D eigenvalue weighted by atomic mass is 9.87. The molecule has 0 radical (unpaired) electrons. The third-order valence-electron chi connectivity index (χ3n) is 4.37. The minimum absolute atomic E-state index is 0.154. The van der Waals surface area contributed by atoms with Gasteiger partial charge in [-0.3, -0.25) is 9.80 Å². The van der Waals surface area contributed by atoms with Crippen LogP contribution < -0.4 is 0 Å². The highest BCUT2D eigenvalue weighted by molar-refractivity contribution is 5.70. The first-order valence-electron chi connectivity index (χ1n) is 7.38. The molecule has 3 fully saturated rings. The van der Waals surface area contributed by atoms with Gasteiger partial charge in [0.25, 0.3) is 0 Å². The molecule has 0 aromatic heterocycles. The number of hydrogen-bond donors (Lipinski definition) is 0. The molecule has 0 spiro atoms. The van der Waals surface area contributed by atoms with Crippen molar-refractivity contribution in [1.82, 2.24) is 9.80 Å². The summed E-state index contributed by atoms with van der Waals surface area (Å²) in [6, 6.07) is 11.1. The number of piperidine rings is 1. The Labute approximate surface area is 120 Å². The van der Waals surface area contributed by atoms with Gasteiger partial charge in [-0.25, -0.2) is 4.79 Å². The summed E-state index contributed by atoms with van der Waals surface area (Å²) in [5.41, 5.74) is 1.04. The number of hydrogen-bond acceptors (Lipinski definition) is 3. The quantitative estimate of drug-likeness (QED) is 0.849. The predicted octanol–water partition coefficient (Wildman–Crippen LogP) is 2.49. The normalized spacial score (nSPS) is 25.4. The summed E-state index contributed by atoms with van der Waals surface area (Å²) in [6.45, 7) is 6.75. The van der Waals surface area contributed by atoms with E-state index < -0.39 is 0 Å². The van der Waals surface area contributed by atoms with E-state index in [1.165, 1.54) is 0 Å². The molecule has 3 saturated heterocycles. The van der Waals surface area contributed by atoms with Crippen LogP contribution in [0.1, 0.15) is 25.8 Å².